The van der Waals surface area contributed by atoms with E-state index in [9.17, 15) is 8.78 Å². The third-order valence-corrected chi connectivity index (χ3v) is 6540. The number of hydrogen-bond donors (Lipinski definition) is 1. The molecule has 0 unspecified atom stereocenters. The molecule has 0 aliphatic rings. The van der Waals surface area contributed by atoms with Gasteiger partial charge in [0.05, 0.1) is 20.5 Å². The van der Waals surface area contributed by atoms with Crippen molar-refractivity contribution < 1.29 is 26.6 Å². The van der Waals surface area contributed by atoms with Crippen molar-refractivity contribution in [3.63, 3.8) is 0 Å². The van der Waals surface area contributed by atoms with Gasteiger partial charge < -0.3 is 10.3 Å². The van der Waals surface area contributed by atoms with Crippen molar-refractivity contribution in [3.05, 3.63) is 89.2 Å². The van der Waals surface area contributed by atoms with Gasteiger partial charge in [-0.2, -0.15) is 10.5 Å². The molecule has 0 amide bonds. The van der Waals surface area contributed by atoms with Crippen molar-refractivity contribution in [1.29, 1.82) is 10.5 Å². The Balaban J connectivity index is 0.00000169. The molecule has 0 atom stereocenters. The van der Waals surface area contributed by atoms with Crippen LogP contribution in [0.15, 0.2) is 55.9 Å². The standard InChI is InChI=1S/C7H2BrClFN.C7H4BrClN2O.C7H3ClFN.I44.I43/c8-5-1-2-6(10)4(3-11)7(5)9;8-3-1-2-4-5(6(3)9)7(10)11-12-4;8-6-2-1-3-7(9)5(6)4-10;1-24(2)26(5)28(7)30(9)32(11)34(13)36(15)38(17)40(19)42(21)44(23)43(22)41(20)39(18)37(16)35(14)33(12)31(10)29(8)27(6)25(3)4;1-23-25(4)27(6)29(8)31(10)33(12)35(14)37(16)39(18)41(20)43(22)42(21)40(19)38(17)36(15)34(13)32(11)30(9)28(7)26(5)24(2)3/h1-2H;1-2H,(H2,10,11);1-3H;;/q;;;;-1. The molecule has 0 bridgehead atoms. The van der Waals surface area contributed by atoms with Gasteiger partial charge in [-0.25, -0.2) is 8.78 Å². The number of aromatic nitrogens is 1. The third kappa shape index (κ3) is 72.4. The number of rotatable bonds is 40. The molecule has 120 heavy (non-hydrogen) atoms. The average Bonchev–Trinajstić information content (AvgIpc) is 1.60. The molecule has 99 heteroatoms. The Labute approximate surface area is 1320 Å². The minimum absolute atomic E-state index is 0.0934. The van der Waals surface area contributed by atoms with Crippen LogP contribution in [0, 0.1) is 34.3 Å². The quantitative estimate of drug-likeness (QED) is 0.0353. The van der Waals surface area contributed by atoms with E-state index in [4.69, 9.17) is 55.6 Å². The van der Waals surface area contributed by atoms with Crippen LogP contribution in [0.2, 0.25) is 15.1 Å². The Morgan fingerprint density at radius 3 is 0.717 bits per heavy atom. The van der Waals surface area contributed by atoms with E-state index >= 15 is 0 Å². The fraction of sp³-hybridized carbons (Fsp3) is 0. The Morgan fingerprint density at radius 1 is 0.308 bits per heavy atom. The Hall–Kier alpha value is 61.1. The second-order valence-corrected chi connectivity index (χ2v) is 2030. The van der Waals surface area contributed by atoms with Gasteiger partial charge in [0.25, 0.3) is 0 Å². The van der Waals surface area contributed by atoms with Crippen LogP contribution in [-0.4, -0.2) is 5.16 Å². The maximum absolute atomic E-state index is 12.7. The fourth-order valence-electron chi connectivity index (χ4n) is 3.38. The topological polar surface area (TPSA) is 99.6 Å². The number of fused-ring (bicyclic) bond motifs is 1. The molecule has 0 aliphatic heterocycles. The molecular formula is C21H9Br2Cl3F2I87N4O-. The summed E-state index contributed by atoms with van der Waals surface area (Å²) in [6.45, 7) is 0. The van der Waals surface area contributed by atoms with Crippen molar-refractivity contribution >= 4 is 1240 Å². The van der Waals surface area contributed by atoms with Crippen molar-refractivity contribution in [1.82, 2.24) is 5.16 Å². The number of benzene rings is 3. The summed E-state index contributed by atoms with van der Waals surface area (Å²) in [6, 6.07) is 13.6. The van der Waals surface area contributed by atoms with Gasteiger partial charge in [0.1, 0.15) is 34.9 Å². The first-order valence-electron chi connectivity index (χ1n) is 20.6. The zero-order valence-corrected chi connectivity index (χ0v) is 242. The minimum Gasteiger partial charge on any atom is -0.380 e. The number of nitrogens with two attached hydrogens (primary N) is 1. The van der Waals surface area contributed by atoms with Gasteiger partial charge in [0.15, 0.2) is 11.4 Å². The van der Waals surface area contributed by atoms with Gasteiger partial charge in [0.2, 0.25) is 0 Å². The van der Waals surface area contributed by atoms with E-state index in [1.807, 2.05) is 0 Å². The Kier molecular flexibility index (Phi) is 162. The Morgan fingerprint density at radius 2 is 0.517 bits per heavy atom. The molecule has 0 radical (unpaired) electrons. The predicted octanol–water partition coefficient (Wildman–Crippen LogP) is 81.5. The zero-order valence-electron chi connectivity index (χ0n) is 48.9. The van der Waals surface area contributed by atoms with E-state index in [-0.39, 0.29) is 29.1 Å². The molecule has 4 aromatic rings. The second-order valence-electron chi connectivity index (χ2n) is 12.5. The second kappa shape index (κ2) is 107. The molecule has 0 saturated heterocycles. The van der Waals surface area contributed by atoms with Crippen LogP contribution in [0.3, 0.4) is 0 Å². The molecule has 4 rings (SSSR count). The summed E-state index contributed by atoms with van der Waals surface area (Å²) < 4.78 is 31.5. The SMILES string of the molecule is II(I)I(I)I(I)I(I)I(I)I(I)I(I)I(I)I(I)I(I)I(I)I(I)I(I)I(I)I(I)I(I)I(I)I(I)I(I)I(I)I(I)I.I[I-]I(I)I(I)I(I)I(I)I(I)I(I)I(I)I(I)I(I)I(I)I(I)I(I)I(I)I(I)I(I)I(I)I(I)I(I)I(I)I(I)I.N#Cc1c(F)ccc(Br)c1Cl.N#Cc1c(F)cccc1Cl.Nc1noc2ccc(Br)c(Cl)c12. The molecule has 0 saturated carbocycles. The number of nitrogen functional groups attached to an aromatic ring is 1. The first-order chi connectivity index (χ1) is 55.1. The van der Waals surface area contributed by atoms with Crippen LogP contribution in [0.5, 0.6) is 0 Å². The maximum Gasteiger partial charge on any atom is 0.176 e. The van der Waals surface area contributed by atoms with Gasteiger partial charge >= 0.3 is 1170 Å². The van der Waals surface area contributed by atoms with Crippen molar-refractivity contribution in [2.24, 2.45) is 0 Å². The van der Waals surface area contributed by atoms with E-state index in [2.05, 4.69) is 875 Å². The first kappa shape index (κ1) is 181. The average molecular weight is 11700 g/mol. The Bertz CT molecular complexity index is 3600. The van der Waals surface area contributed by atoms with E-state index < -0.39 is 327 Å². The van der Waals surface area contributed by atoms with Gasteiger partial charge in [-0.3, -0.25) is 0 Å². The van der Waals surface area contributed by atoms with E-state index in [1.165, 1.54) is 30.3 Å². The van der Waals surface area contributed by atoms with Crippen LogP contribution in [0.4, 0.5) is 14.6 Å². The summed E-state index contributed by atoms with van der Waals surface area (Å²) in [4.78, 5) is 0. The van der Waals surface area contributed by atoms with Gasteiger partial charge in [0, 0.05) is 8.95 Å². The summed E-state index contributed by atoms with van der Waals surface area (Å²) in [6.07, 6.45) is 0. The minimum atomic E-state index is -0.597. The summed E-state index contributed by atoms with van der Waals surface area (Å²) in [5.74, 6) is -0.855. The molecular weight excluding hydrogens is 11700 g/mol. The molecule has 778 valence electrons. The molecule has 3 aromatic carbocycles. The normalized spacial score (nSPS) is 16.2. The molecule has 0 spiro atoms. The molecule has 2 N–H and O–H groups in total. The monoisotopic (exact) mass is 11700 g/mol. The summed E-state index contributed by atoms with van der Waals surface area (Å²) in [5.41, 5.74) is 5.92. The number of halogens is 94. The van der Waals surface area contributed by atoms with E-state index in [0.29, 0.717) is 39.5 Å². The van der Waals surface area contributed by atoms with Crippen molar-refractivity contribution in [3.8, 4) is 12.1 Å². The first-order valence-corrected chi connectivity index (χ1v) is 558. The number of nitrogens with zero attached hydrogens (tertiary/aromatic N) is 3. The molecule has 1 aromatic heterocycles. The van der Waals surface area contributed by atoms with Crippen molar-refractivity contribution in [2.45, 2.75) is 0 Å². The molecule has 0 fully saturated rings. The molecule has 1 heterocycles. The zero-order chi connectivity index (χ0) is 94.1. The maximum atomic E-state index is 12.7. The number of anilines is 1. The molecule has 0 aliphatic carbocycles. The van der Waals surface area contributed by atoms with Crippen LogP contribution >= 0.6 is 1230 Å². The smallest absolute Gasteiger partial charge is 0.176 e. The van der Waals surface area contributed by atoms with Crippen LogP contribution in [0.25, 0.3) is 11.0 Å². The van der Waals surface area contributed by atoms with E-state index in [1.54, 1.807) is 24.3 Å². The fourth-order valence-corrected chi connectivity index (χ4v) is 15700. The molecule has 5 nitrogen and oxygen atoms in total. The summed E-state index contributed by atoms with van der Waals surface area (Å²) in [7, 11) is -21.0. The predicted molar refractivity (Wildman–Crippen MR) is 1340 cm³/mol. The number of nitriles is 2. The third-order valence-electron chi connectivity index (χ3n) is 7.01. The van der Waals surface area contributed by atoms with Gasteiger partial charge in [-0.1, -0.05) is 46.0 Å². The summed E-state index contributed by atoms with van der Waals surface area (Å²) in [5, 5.41) is 21.8. The number of hydrogen-bond acceptors (Lipinski definition) is 5. The van der Waals surface area contributed by atoms with Crippen LogP contribution in [0.1, 0.15) is 11.1 Å². The van der Waals surface area contributed by atoms with Crippen LogP contribution < -0.4 is 19.0 Å². The van der Waals surface area contributed by atoms with Crippen LogP contribution in [-0.2, 0) is 0 Å². The summed E-state index contributed by atoms with van der Waals surface area (Å²) >= 11 is 170. The van der Waals surface area contributed by atoms with Crippen molar-refractivity contribution in [2.75, 3.05) is 5.73 Å². The largest absolute Gasteiger partial charge is 0.380 e. The van der Waals surface area contributed by atoms with Gasteiger partial charge in [-0.05, 0) is 68.3 Å². The van der Waals surface area contributed by atoms with Gasteiger partial charge in [-0.15, -0.1) is 0 Å². The van der Waals surface area contributed by atoms with E-state index in [0.717, 1.165) is 4.47 Å².